The Morgan fingerprint density at radius 2 is 2.12 bits per heavy atom. The summed E-state index contributed by atoms with van der Waals surface area (Å²) in [4.78, 5) is 31.3. The number of fused-ring (bicyclic) bond motifs is 1. The molecule has 0 unspecified atom stereocenters. The second kappa shape index (κ2) is 7.84. The fourth-order valence-corrected chi connectivity index (χ4v) is 3.44. The Morgan fingerprint density at radius 3 is 2.85 bits per heavy atom. The number of likely N-dealkylation sites (tertiary alicyclic amines) is 1. The van der Waals surface area contributed by atoms with Gasteiger partial charge >= 0.3 is 7.12 Å². The lowest BCUT2D eigenvalue weighted by atomic mass is 9.77. The van der Waals surface area contributed by atoms with Crippen molar-refractivity contribution >= 4 is 29.8 Å². The van der Waals surface area contributed by atoms with Crippen LogP contribution in [0.25, 0.3) is 10.9 Å². The predicted octanol–water partition coefficient (Wildman–Crippen LogP) is 0.746. The number of benzene rings is 1. The van der Waals surface area contributed by atoms with Crippen LogP contribution in [0.4, 0.5) is 0 Å². The molecular weight excluding hydrogens is 333 g/mol. The standard InChI is InChI=1S/C18H22BN3O4/c1-2-14(18(24)22-11-5-8-16(22)19(25)26)21-17(23)13-9-10-20-15-7-4-3-6-12(13)15/h3-4,6-7,9-10,14,16,25-26H,2,5,8,11H2,1H3,(H,21,23)/t14-,16+/m1/s1. The molecule has 0 saturated carbocycles. The molecule has 0 radical (unpaired) electrons. The van der Waals surface area contributed by atoms with Crippen molar-refractivity contribution in [2.24, 2.45) is 0 Å². The highest BCUT2D eigenvalue weighted by Crippen LogP contribution is 2.20. The molecule has 7 nitrogen and oxygen atoms in total. The smallest absolute Gasteiger partial charge is 0.426 e. The molecule has 8 heteroatoms. The van der Waals surface area contributed by atoms with E-state index in [1.165, 1.54) is 4.90 Å². The van der Waals surface area contributed by atoms with Gasteiger partial charge in [0.25, 0.3) is 5.91 Å². The third kappa shape index (κ3) is 3.56. The zero-order chi connectivity index (χ0) is 18.7. The summed E-state index contributed by atoms with van der Waals surface area (Å²) in [5.41, 5.74) is 1.17. The molecule has 3 N–H and O–H groups in total. The second-order valence-corrected chi connectivity index (χ2v) is 6.46. The van der Waals surface area contributed by atoms with Crippen LogP contribution in [-0.4, -0.2) is 57.4 Å². The first-order valence-electron chi connectivity index (χ1n) is 8.84. The molecule has 0 spiro atoms. The van der Waals surface area contributed by atoms with Crippen LogP contribution in [0.15, 0.2) is 36.5 Å². The summed E-state index contributed by atoms with van der Waals surface area (Å²) >= 11 is 0. The first kappa shape index (κ1) is 18.3. The third-order valence-corrected chi connectivity index (χ3v) is 4.83. The third-order valence-electron chi connectivity index (χ3n) is 4.83. The van der Waals surface area contributed by atoms with Crippen LogP contribution in [0, 0.1) is 0 Å². The van der Waals surface area contributed by atoms with Crippen molar-refractivity contribution in [3.8, 4) is 0 Å². The molecule has 1 aromatic carbocycles. The molecule has 26 heavy (non-hydrogen) atoms. The molecule has 1 aromatic heterocycles. The highest BCUT2D eigenvalue weighted by molar-refractivity contribution is 6.43. The van der Waals surface area contributed by atoms with Crippen molar-refractivity contribution in [3.05, 3.63) is 42.1 Å². The maximum Gasteiger partial charge on any atom is 0.475 e. The van der Waals surface area contributed by atoms with E-state index in [1.807, 2.05) is 31.2 Å². The van der Waals surface area contributed by atoms with E-state index in [-0.39, 0.29) is 11.8 Å². The van der Waals surface area contributed by atoms with E-state index >= 15 is 0 Å². The number of amides is 2. The number of carbonyl (C=O) groups excluding carboxylic acids is 2. The van der Waals surface area contributed by atoms with Gasteiger partial charge in [0.15, 0.2) is 0 Å². The van der Waals surface area contributed by atoms with E-state index < -0.39 is 19.1 Å². The van der Waals surface area contributed by atoms with Gasteiger partial charge < -0.3 is 20.3 Å². The Bertz CT molecular complexity index is 809. The van der Waals surface area contributed by atoms with Crippen LogP contribution >= 0.6 is 0 Å². The van der Waals surface area contributed by atoms with Gasteiger partial charge in [-0.25, -0.2) is 0 Å². The lowest BCUT2D eigenvalue weighted by molar-refractivity contribution is -0.133. The number of nitrogens with zero attached hydrogens (tertiary/aromatic N) is 2. The second-order valence-electron chi connectivity index (χ2n) is 6.46. The van der Waals surface area contributed by atoms with Gasteiger partial charge in [0.1, 0.15) is 6.04 Å². The van der Waals surface area contributed by atoms with Crippen LogP contribution in [0.2, 0.25) is 0 Å². The summed E-state index contributed by atoms with van der Waals surface area (Å²) in [5, 5.41) is 22.5. The molecule has 2 heterocycles. The zero-order valence-electron chi connectivity index (χ0n) is 14.6. The molecule has 3 rings (SSSR count). The van der Waals surface area contributed by atoms with Gasteiger partial charge in [-0.2, -0.15) is 0 Å². The fourth-order valence-electron chi connectivity index (χ4n) is 3.44. The highest BCUT2D eigenvalue weighted by atomic mass is 16.4. The van der Waals surface area contributed by atoms with E-state index in [4.69, 9.17) is 0 Å². The van der Waals surface area contributed by atoms with Gasteiger partial charge in [-0.1, -0.05) is 25.1 Å². The SMILES string of the molecule is CC[C@@H](NC(=O)c1ccnc2ccccc12)C(=O)N1CCC[C@H]1B(O)O. The molecule has 1 fully saturated rings. The molecule has 2 aromatic rings. The van der Waals surface area contributed by atoms with Gasteiger partial charge in [0, 0.05) is 18.1 Å². The van der Waals surface area contributed by atoms with Gasteiger partial charge in [0.2, 0.25) is 5.91 Å². The Labute approximate surface area is 152 Å². The van der Waals surface area contributed by atoms with Gasteiger partial charge in [-0.05, 0) is 31.4 Å². The van der Waals surface area contributed by atoms with E-state index in [0.29, 0.717) is 36.9 Å². The number of para-hydroxylation sites is 1. The van der Waals surface area contributed by atoms with Gasteiger partial charge in [-0.15, -0.1) is 0 Å². The van der Waals surface area contributed by atoms with Crippen LogP contribution in [0.1, 0.15) is 36.5 Å². The van der Waals surface area contributed by atoms with Crippen LogP contribution in [0.3, 0.4) is 0 Å². The Kier molecular flexibility index (Phi) is 5.53. The van der Waals surface area contributed by atoms with Crippen LogP contribution in [-0.2, 0) is 4.79 Å². The predicted molar refractivity (Wildman–Crippen MR) is 98.2 cm³/mol. The van der Waals surface area contributed by atoms with Crippen LogP contribution in [0.5, 0.6) is 0 Å². The zero-order valence-corrected chi connectivity index (χ0v) is 14.6. The lowest BCUT2D eigenvalue weighted by Crippen LogP contribution is -2.53. The Balaban J connectivity index is 1.79. The molecule has 1 aliphatic heterocycles. The molecule has 0 aliphatic carbocycles. The maximum atomic E-state index is 12.8. The number of nitrogens with one attached hydrogen (secondary N) is 1. The number of pyridine rings is 1. The molecule has 136 valence electrons. The summed E-state index contributed by atoms with van der Waals surface area (Å²) in [7, 11) is -1.57. The average Bonchev–Trinajstić information content (AvgIpc) is 3.15. The number of hydrogen-bond acceptors (Lipinski definition) is 5. The number of rotatable bonds is 5. The monoisotopic (exact) mass is 355 g/mol. The van der Waals surface area contributed by atoms with Crippen molar-refractivity contribution in [3.63, 3.8) is 0 Å². The first-order chi connectivity index (χ1) is 12.5. The fraction of sp³-hybridized carbons (Fsp3) is 0.389. The summed E-state index contributed by atoms with van der Waals surface area (Å²) in [6, 6.07) is 8.24. The van der Waals surface area contributed by atoms with E-state index in [1.54, 1.807) is 12.3 Å². The minimum Gasteiger partial charge on any atom is -0.426 e. The largest absolute Gasteiger partial charge is 0.475 e. The van der Waals surface area contributed by atoms with Gasteiger partial charge in [-0.3, -0.25) is 14.6 Å². The Morgan fingerprint density at radius 1 is 1.35 bits per heavy atom. The average molecular weight is 355 g/mol. The van der Waals surface area contributed by atoms with E-state index in [9.17, 15) is 19.6 Å². The highest BCUT2D eigenvalue weighted by Gasteiger charge is 2.39. The summed E-state index contributed by atoms with van der Waals surface area (Å²) < 4.78 is 0. The number of aromatic nitrogens is 1. The molecule has 1 aliphatic rings. The van der Waals surface area contributed by atoms with Gasteiger partial charge in [0.05, 0.1) is 17.0 Å². The summed E-state index contributed by atoms with van der Waals surface area (Å²) in [5.74, 6) is -1.24. The quantitative estimate of drug-likeness (QED) is 0.687. The molecule has 0 bridgehead atoms. The first-order valence-corrected chi connectivity index (χ1v) is 8.84. The van der Waals surface area contributed by atoms with Crippen molar-refractivity contribution in [1.82, 2.24) is 15.2 Å². The lowest BCUT2D eigenvalue weighted by Gasteiger charge is -2.28. The van der Waals surface area contributed by atoms with E-state index in [0.717, 1.165) is 5.39 Å². The van der Waals surface area contributed by atoms with Crippen molar-refractivity contribution in [1.29, 1.82) is 0 Å². The minimum atomic E-state index is -1.57. The van der Waals surface area contributed by atoms with E-state index in [2.05, 4.69) is 10.3 Å². The Hall–Kier alpha value is -2.45. The maximum absolute atomic E-state index is 12.8. The van der Waals surface area contributed by atoms with Crippen molar-refractivity contribution in [2.45, 2.75) is 38.2 Å². The summed E-state index contributed by atoms with van der Waals surface area (Å²) in [6.07, 6.45) is 3.24. The molecule has 2 atom stereocenters. The van der Waals surface area contributed by atoms with Crippen LogP contribution < -0.4 is 5.32 Å². The van der Waals surface area contributed by atoms with Crippen molar-refractivity contribution < 1.29 is 19.6 Å². The minimum absolute atomic E-state index is 0.283. The molecular formula is C18H22BN3O4. The summed E-state index contributed by atoms with van der Waals surface area (Å²) in [6.45, 7) is 2.28. The topological polar surface area (TPSA) is 103 Å². The van der Waals surface area contributed by atoms with Crippen molar-refractivity contribution in [2.75, 3.05) is 6.54 Å². The molecule has 2 amide bonds. The molecule has 1 saturated heterocycles. The number of carbonyl (C=O) groups is 2. The number of hydrogen-bond donors (Lipinski definition) is 3. The normalized spacial score (nSPS) is 18.0.